The summed E-state index contributed by atoms with van der Waals surface area (Å²) >= 11 is 0. The first kappa shape index (κ1) is 13.4. The number of hydrogen-bond donors (Lipinski definition) is 1. The van der Waals surface area contributed by atoms with Crippen LogP contribution in [0.2, 0.25) is 0 Å². The highest BCUT2D eigenvalue weighted by Gasteiger charge is 2.28. The molecule has 0 amide bonds. The Kier molecular flexibility index (Phi) is 5.30. The van der Waals surface area contributed by atoms with Gasteiger partial charge in [-0.2, -0.15) is 0 Å². The fraction of sp³-hybridized carbons (Fsp3) is 1.00. The fourth-order valence-electron chi connectivity index (χ4n) is 3.36. The van der Waals surface area contributed by atoms with E-state index < -0.39 is 0 Å². The summed E-state index contributed by atoms with van der Waals surface area (Å²) in [5, 5.41) is 3.74. The maximum absolute atomic E-state index is 3.74. The summed E-state index contributed by atoms with van der Waals surface area (Å²) in [7, 11) is 2.33. The van der Waals surface area contributed by atoms with Crippen LogP contribution in [0.5, 0.6) is 0 Å². The maximum Gasteiger partial charge on any atom is 0.00958 e. The average Bonchev–Trinajstić information content (AvgIpc) is 2.68. The van der Waals surface area contributed by atoms with Gasteiger partial charge in [0.15, 0.2) is 0 Å². The Balaban J connectivity index is 1.66. The van der Waals surface area contributed by atoms with Gasteiger partial charge in [0, 0.05) is 12.1 Å². The van der Waals surface area contributed by atoms with Crippen LogP contribution in [0.4, 0.5) is 0 Å². The second-order valence-corrected chi connectivity index (χ2v) is 6.11. The normalized spacial score (nSPS) is 29.8. The molecule has 2 heteroatoms. The van der Waals surface area contributed by atoms with Crippen LogP contribution < -0.4 is 5.32 Å². The Hall–Kier alpha value is -0.0800. The van der Waals surface area contributed by atoms with Gasteiger partial charge in [-0.1, -0.05) is 19.8 Å². The third-order valence-electron chi connectivity index (χ3n) is 4.87. The highest BCUT2D eigenvalue weighted by Crippen LogP contribution is 2.30. The molecular weight excluding hydrogens is 208 g/mol. The van der Waals surface area contributed by atoms with Crippen LogP contribution in [0.25, 0.3) is 0 Å². The third kappa shape index (κ3) is 3.69. The Labute approximate surface area is 107 Å². The van der Waals surface area contributed by atoms with E-state index in [9.17, 15) is 0 Å². The van der Waals surface area contributed by atoms with Gasteiger partial charge in [-0.3, -0.25) is 0 Å². The van der Waals surface area contributed by atoms with Crippen LogP contribution in [-0.4, -0.2) is 37.1 Å². The molecule has 0 aliphatic heterocycles. The molecule has 2 fully saturated rings. The first-order valence-corrected chi connectivity index (χ1v) is 7.75. The number of nitrogens with one attached hydrogen (secondary N) is 1. The molecule has 0 aromatic carbocycles. The van der Waals surface area contributed by atoms with E-state index in [0.717, 1.165) is 18.0 Å². The molecule has 0 aromatic rings. The SMILES string of the molecule is CCCNC1CCCC1CCN(C)C1CCC1. The minimum Gasteiger partial charge on any atom is -0.314 e. The smallest absolute Gasteiger partial charge is 0.00958 e. The van der Waals surface area contributed by atoms with Crippen molar-refractivity contribution < 1.29 is 0 Å². The van der Waals surface area contributed by atoms with Gasteiger partial charge in [0.05, 0.1) is 0 Å². The summed E-state index contributed by atoms with van der Waals surface area (Å²) in [5.41, 5.74) is 0. The van der Waals surface area contributed by atoms with Gasteiger partial charge in [-0.15, -0.1) is 0 Å². The molecule has 0 heterocycles. The van der Waals surface area contributed by atoms with Crippen molar-refractivity contribution in [1.82, 2.24) is 10.2 Å². The number of hydrogen-bond acceptors (Lipinski definition) is 2. The van der Waals surface area contributed by atoms with Gasteiger partial charge < -0.3 is 10.2 Å². The summed E-state index contributed by atoms with van der Waals surface area (Å²) in [6.45, 7) is 4.79. The molecule has 2 nitrogen and oxygen atoms in total. The van der Waals surface area contributed by atoms with E-state index in [-0.39, 0.29) is 0 Å². The Morgan fingerprint density at radius 3 is 2.53 bits per heavy atom. The molecule has 0 saturated heterocycles. The molecule has 0 spiro atoms. The van der Waals surface area contributed by atoms with Crippen LogP contribution in [0, 0.1) is 5.92 Å². The first-order chi connectivity index (χ1) is 8.31. The highest BCUT2D eigenvalue weighted by atomic mass is 15.1. The number of nitrogens with zero attached hydrogens (tertiary/aromatic N) is 1. The summed E-state index contributed by atoms with van der Waals surface area (Å²) in [6, 6.07) is 1.74. The fourth-order valence-corrected chi connectivity index (χ4v) is 3.36. The van der Waals surface area contributed by atoms with Crippen molar-refractivity contribution in [2.24, 2.45) is 5.92 Å². The van der Waals surface area contributed by atoms with Gasteiger partial charge in [0.1, 0.15) is 0 Å². The molecule has 2 atom stereocenters. The van der Waals surface area contributed by atoms with Gasteiger partial charge >= 0.3 is 0 Å². The standard InChI is InChI=1S/C15H30N2/c1-3-11-16-15-9-4-6-13(15)10-12-17(2)14-7-5-8-14/h13-16H,3-12H2,1-2H3. The maximum atomic E-state index is 3.74. The van der Waals surface area contributed by atoms with Crippen LogP contribution in [-0.2, 0) is 0 Å². The summed E-state index contributed by atoms with van der Waals surface area (Å²) < 4.78 is 0. The largest absolute Gasteiger partial charge is 0.314 e. The molecule has 2 unspecified atom stereocenters. The lowest BCUT2D eigenvalue weighted by Crippen LogP contribution is -2.40. The van der Waals surface area contributed by atoms with Gasteiger partial charge in [-0.05, 0) is 64.6 Å². The molecular formula is C15H30N2. The van der Waals surface area contributed by atoms with E-state index in [0.29, 0.717) is 0 Å². The Morgan fingerprint density at radius 1 is 1.12 bits per heavy atom. The Morgan fingerprint density at radius 2 is 1.88 bits per heavy atom. The van der Waals surface area contributed by atoms with Crippen LogP contribution in [0.1, 0.15) is 58.3 Å². The van der Waals surface area contributed by atoms with E-state index in [4.69, 9.17) is 0 Å². The van der Waals surface area contributed by atoms with Crippen molar-refractivity contribution >= 4 is 0 Å². The molecule has 2 rings (SSSR count). The third-order valence-corrected chi connectivity index (χ3v) is 4.87. The quantitative estimate of drug-likeness (QED) is 0.733. The molecule has 0 radical (unpaired) electrons. The predicted octanol–water partition coefficient (Wildman–Crippen LogP) is 3.03. The van der Waals surface area contributed by atoms with Gasteiger partial charge in [-0.25, -0.2) is 0 Å². The van der Waals surface area contributed by atoms with Gasteiger partial charge in [0.25, 0.3) is 0 Å². The summed E-state index contributed by atoms with van der Waals surface area (Å²) in [4.78, 5) is 2.61. The summed E-state index contributed by atoms with van der Waals surface area (Å²) in [6.07, 6.45) is 11.3. The lowest BCUT2D eigenvalue weighted by Gasteiger charge is -2.35. The van der Waals surface area contributed by atoms with Crippen molar-refractivity contribution in [2.45, 2.75) is 70.4 Å². The highest BCUT2D eigenvalue weighted by molar-refractivity contribution is 4.85. The monoisotopic (exact) mass is 238 g/mol. The topological polar surface area (TPSA) is 15.3 Å². The zero-order valence-electron chi connectivity index (χ0n) is 11.8. The molecule has 2 saturated carbocycles. The second-order valence-electron chi connectivity index (χ2n) is 6.11. The van der Waals surface area contributed by atoms with E-state index in [1.165, 1.54) is 64.5 Å². The molecule has 0 bridgehead atoms. The minimum absolute atomic E-state index is 0.824. The first-order valence-electron chi connectivity index (χ1n) is 7.75. The zero-order chi connectivity index (χ0) is 12.1. The number of rotatable bonds is 7. The average molecular weight is 238 g/mol. The molecule has 1 N–H and O–H groups in total. The molecule has 2 aliphatic carbocycles. The van der Waals surface area contributed by atoms with Crippen molar-refractivity contribution in [2.75, 3.05) is 20.1 Å². The molecule has 2 aliphatic rings. The van der Waals surface area contributed by atoms with E-state index in [2.05, 4.69) is 24.2 Å². The van der Waals surface area contributed by atoms with Crippen molar-refractivity contribution in [3.8, 4) is 0 Å². The lowest BCUT2D eigenvalue weighted by molar-refractivity contribution is 0.148. The van der Waals surface area contributed by atoms with Crippen molar-refractivity contribution in [1.29, 1.82) is 0 Å². The second kappa shape index (κ2) is 6.75. The minimum atomic E-state index is 0.824. The van der Waals surface area contributed by atoms with E-state index >= 15 is 0 Å². The zero-order valence-corrected chi connectivity index (χ0v) is 11.8. The molecule has 0 aromatic heterocycles. The van der Waals surface area contributed by atoms with Crippen LogP contribution in [0.15, 0.2) is 0 Å². The van der Waals surface area contributed by atoms with Crippen LogP contribution >= 0.6 is 0 Å². The van der Waals surface area contributed by atoms with Gasteiger partial charge in [0.2, 0.25) is 0 Å². The molecule has 100 valence electrons. The van der Waals surface area contributed by atoms with E-state index in [1.807, 2.05) is 0 Å². The van der Waals surface area contributed by atoms with Crippen LogP contribution in [0.3, 0.4) is 0 Å². The van der Waals surface area contributed by atoms with E-state index in [1.54, 1.807) is 0 Å². The summed E-state index contributed by atoms with van der Waals surface area (Å²) in [5.74, 6) is 0.948. The predicted molar refractivity (Wildman–Crippen MR) is 74.3 cm³/mol. The molecule has 17 heavy (non-hydrogen) atoms. The lowest BCUT2D eigenvalue weighted by atomic mass is 9.91. The Bertz CT molecular complexity index is 213. The van der Waals surface area contributed by atoms with Crippen molar-refractivity contribution in [3.63, 3.8) is 0 Å². The van der Waals surface area contributed by atoms with Crippen molar-refractivity contribution in [3.05, 3.63) is 0 Å².